The lowest BCUT2D eigenvalue weighted by atomic mass is 10.1. The third-order valence-electron chi connectivity index (χ3n) is 5.76. The van der Waals surface area contributed by atoms with E-state index in [9.17, 15) is 13.6 Å². The normalized spacial score (nSPS) is 14.3. The van der Waals surface area contributed by atoms with Crippen LogP contribution >= 0.6 is 0 Å². The number of hydrogen-bond donors (Lipinski definition) is 0. The van der Waals surface area contributed by atoms with E-state index >= 15 is 0 Å². The van der Waals surface area contributed by atoms with Crippen molar-refractivity contribution in [3.05, 3.63) is 89.1 Å². The topological polar surface area (TPSA) is 54.9 Å². The first kappa shape index (κ1) is 24.6. The Balaban J connectivity index is 1.29. The van der Waals surface area contributed by atoms with Crippen molar-refractivity contribution in [1.82, 2.24) is 9.88 Å². The summed E-state index contributed by atoms with van der Waals surface area (Å²) >= 11 is 0. The molecule has 1 saturated heterocycles. The molecule has 2 heterocycles. The van der Waals surface area contributed by atoms with Crippen molar-refractivity contribution in [2.24, 2.45) is 0 Å². The largest absolute Gasteiger partial charge is 0.489 e. The molecule has 184 valence electrons. The Morgan fingerprint density at radius 2 is 1.77 bits per heavy atom. The number of carbonyl (C=O) groups excluding carboxylic acids is 1. The number of nitrogens with zero attached hydrogens (tertiary/aromatic N) is 3. The SMILES string of the molecule is CC(C)OC(=O)c1cccnc1N1CCN(Cc2ccc(OCc3ccc(F)cc3F)cc2)CC1. The second-order valence-corrected chi connectivity index (χ2v) is 8.76. The molecule has 0 radical (unpaired) electrons. The molecule has 0 saturated carbocycles. The smallest absolute Gasteiger partial charge is 0.342 e. The second kappa shape index (κ2) is 11.3. The van der Waals surface area contributed by atoms with Crippen molar-refractivity contribution >= 4 is 11.8 Å². The number of halogens is 2. The van der Waals surface area contributed by atoms with Crippen LogP contribution < -0.4 is 9.64 Å². The number of anilines is 1. The number of aromatic nitrogens is 1. The van der Waals surface area contributed by atoms with Crippen LogP contribution in [-0.4, -0.2) is 48.1 Å². The molecule has 1 fully saturated rings. The third kappa shape index (κ3) is 6.54. The molecule has 35 heavy (non-hydrogen) atoms. The van der Waals surface area contributed by atoms with Crippen LogP contribution in [0.15, 0.2) is 60.8 Å². The Bertz CT molecular complexity index is 1150. The van der Waals surface area contributed by atoms with Gasteiger partial charge in [-0.2, -0.15) is 0 Å². The minimum absolute atomic E-state index is 0.0354. The Morgan fingerprint density at radius 3 is 2.46 bits per heavy atom. The molecule has 3 aromatic rings. The fourth-order valence-corrected chi connectivity index (χ4v) is 3.95. The van der Waals surface area contributed by atoms with Gasteiger partial charge in [-0.05, 0) is 55.8 Å². The average Bonchev–Trinajstić information content (AvgIpc) is 2.84. The molecule has 0 unspecified atom stereocenters. The fourth-order valence-electron chi connectivity index (χ4n) is 3.95. The number of benzene rings is 2. The fraction of sp³-hybridized carbons (Fsp3) is 0.333. The molecule has 4 rings (SSSR count). The molecule has 0 N–H and O–H groups in total. The summed E-state index contributed by atoms with van der Waals surface area (Å²) in [6, 6.07) is 14.7. The Kier molecular flexibility index (Phi) is 7.92. The Hall–Kier alpha value is -3.52. The van der Waals surface area contributed by atoms with Crippen molar-refractivity contribution in [3.8, 4) is 5.75 Å². The van der Waals surface area contributed by atoms with Crippen LogP contribution in [0.2, 0.25) is 0 Å². The monoisotopic (exact) mass is 481 g/mol. The van der Waals surface area contributed by atoms with Crippen LogP contribution in [0.3, 0.4) is 0 Å². The maximum absolute atomic E-state index is 13.8. The highest BCUT2D eigenvalue weighted by Gasteiger charge is 2.23. The van der Waals surface area contributed by atoms with Crippen LogP contribution in [-0.2, 0) is 17.9 Å². The summed E-state index contributed by atoms with van der Waals surface area (Å²) < 4.78 is 37.8. The number of esters is 1. The van der Waals surface area contributed by atoms with E-state index in [2.05, 4.69) is 14.8 Å². The molecule has 0 bridgehead atoms. The summed E-state index contributed by atoms with van der Waals surface area (Å²) in [6.45, 7) is 7.65. The maximum atomic E-state index is 13.8. The minimum atomic E-state index is -0.615. The highest BCUT2D eigenvalue weighted by atomic mass is 19.1. The summed E-state index contributed by atoms with van der Waals surface area (Å²) in [5, 5.41) is 0. The highest BCUT2D eigenvalue weighted by molar-refractivity contribution is 5.94. The second-order valence-electron chi connectivity index (χ2n) is 8.76. The van der Waals surface area contributed by atoms with Crippen LogP contribution in [0.25, 0.3) is 0 Å². The van der Waals surface area contributed by atoms with Crippen molar-refractivity contribution in [2.45, 2.75) is 33.1 Å². The van der Waals surface area contributed by atoms with E-state index < -0.39 is 11.6 Å². The predicted molar refractivity (Wildman–Crippen MR) is 129 cm³/mol. The first-order valence-electron chi connectivity index (χ1n) is 11.7. The zero-order valence-corrected chi connectivity index (χ0v) is 19.9. The highest BCUT2D eigenvalue weighted by Crippen LogP contribution is 2.22. The first-order valence-corrected chi connectivity index (χ1v) is 11.7. The van der Waals surface area contributed by atoms with Gasteiger partial charge in [-0.1, -0.05) is 12.1 Å². The molecule has 1 aliphatic heterocycles. The summed E-state index contributed by atoms with van der Waals surface area (Å²) in [4.78, 5) is 21.4. The van der Waals surface area contributed by atoms with E-state index in [1.54, 1.807) is 18.3 Å². The predicted octanol–water partition coefficient (Wildman–Crippen LogP) is 4.83. The van der Waals surface area contributed by atoms with Gasteiger partial charge < -0.3 is 14.4 Å². The lowest BCUT2D eigenvalue weighted by molar-refractivity contribution is 0.0378. The number of hydrogen-bond acceptors (Lipinski definition) is 6. The van der Waals surface area contributed by atoms with Gasteiger partial charge in [-0.15, -0.1) is 0 Å². The molecule has 1 aliphatic rings. The zero-order chi connectivity index (χ0) is 24.8. The molecule has 6 nitrogen and oxygen atoms in total. The maximum Gasteiger partial charge on any atom is 0.342 e. The summed E-state index contributed by atoms with van der Waals surface area (Å²) in [5.74, 6) is -0.286. The van der Waals surface area contributed by atoms with Gasteiger partial charge in [-0.3, -0.25) is 4.90 Å². The quantitative estimate of drug-likeness (QED) is 0.430. The van der Waals surface area contributed by atoms with Crippen molar-refractivity contribution in [2.75, 3.05) is 31.1 Å². The van der Waals surface area contributed by atoms with E-state index in [0.717, 1.165) is 44.4 Å². The molecule has 8 heteroatoms. The van der Waals surface area contributed by atoms with Crippen molar-refractivity contribution in [1.29, 1.82) is 0 Å². The van der Waals surface area contributed by atoms with E-state index in [4.69, 9.17) is 9.47 Å². The van der Waals surface area contributed by atoms with Crippen molar-refractivity contribution in [3.63, 3.8) is 0 Å². The van der Waals surface area contributed by atoms with Gasteiger partial charge in [0.1, 0.15) is 35.4 Å². The molecule has 0 aliphatic carbocycles. The number of pyridine rings is 1. The van der Waals surface area contributed by atoms with Gasteiger partial charge in [-0.25, -0.2) is 18.6 Å². The molecular formula is C27H29F2N3O3. The van der Waals surface area contributed by atoms with Gasteiger partial charge in [0.15, 0.2) is 0 Å². The van der Waals surface area contributed by atoms with Crippen LogP contribution in [0.4, 0.5) is 14.6 Å². The van der Waals surface area contributed by atoms with Crippen LogP contribution in [0, 0.1) is 11.6 Å². The van der Waals surface area contributed by atoms with Gasteiger partial charge in [0.05, 0.1) is 6.10 Å². The lowest BCUT2D eigenvalue weighted by Crippen LogP contribution is -2.46. The number of carbonyl (C=O) groups is 1. The molecule has 0 amide bonds. The zero-order valence-electron chi connectivity index (χ0n) is 19.9. The summed E-state index contributed by atoms with van der Waals surface area (Å²) in [5.41, 5.74) is 1.94. The molecule has 0 atom stereocenters. The summed E-state index contributed by atoms with van der Waals surface area (Å²) in [6.07, 6.45) is 1.51. The van der Waals surface area contributed by atoms with Crippen LogP contribution in [0.5, 0.6) is 5.75 Å². The van der Waals surface area contributed by atoms with Gasteiger partial charge in [0.25, 0.3) is 0 Å². The molecule has 0 spiro atoms. The standard InChI is InChI=1S/C27H29F2N3O3/c1-19(2)35-27(33)24-4-3-11-30-26(24)32-14-12-31(13-15-32)17-20-5-9-23(10-6-20)34-18-21-7-8-22(28)16-25(21)29/h3-11,16,19H,12-15,17-18H2,1-2H3. The van der Waals surface area contributed by atoms with E-state index in [1.165, 1.54) is 12.1 Å². The van der Waals surface area contributed by atoms with Crippen molar-refractivity contribution < 1.29 is 23.0 Å². The molecule has 1 aromatic heterocycles. The molecule has 2 aromatic carbocycles. The van der Waals surface area contributed by atoms with Gasteiger partial charge in [0.2, 0.25) is 0 Å². The average molecular weight is 482 g/mol. The van der Waals surface area contributed by atoms with E-state index in [1.807, 2.05) is 38.1 Å². The third-order valence-corrected chi connectivity index (χ3v) is 5.76. The molecular weight excluding hydrogens is 452 g/mol. The van der Waals surface area contributed by atoms with Crippen LogP contribution in [0.1, 0.15) is 35.3 Å². The minimum Gasteiger partial charge on any atom is -0.489 e. The van der Waals surface area contributed by atoms with Gasteiger partial charge >= 0.3 is 5.97 Å². The summed E-state index contributed by atoms with van der Waals surface area (Å²) in [7, 11) is 0. The Morgan fingerprint density at radius 1 is 1.03 bits per heavy atom. The number of rotatable bonds is 8. The van der Waals surface area contributed by atoms with E-state index in [-0.39, 0.29) is 18.7 Å². The lowest BCUT2D eigenvalue weighted by Gasteiger charge is -2.36. The van der Waals surface area contributed by atoms with Gasteiger partial charge in [0, 0.05) is 50.6 Å². The number of ether oxygens (including phenoxy) is 2. The Labute approximate surface area is 204 Å². The number of piperazine rings is 1. The van der Waals surface area contributed by atoms with E-state index in [0.29, 0.717) is 22.7 Å². The first-order chi connectivity index (χ1) is 16.9.